The van der Waals surface area contributed by atoms with Crippen LogP contribution in [0.5, 0.6) is 0 Å². The van der Waals surface area contributed by atoms with Gasteiger partial charge in [0.15, 0.2) is 0 Å². The topological polar surface area (TPSA) is 18.5 Å². The summed E-state index contributed by atoms with van der Waals surface area (Å²) in [5, 5.41) is 0. The first-order chi connectivity index (χ1) is 16.0. The average molecular weight is 483 g/mol. The van der Waals surface area contributed by atoms with Crippen molar-refractivity contribution in [1.29, 1.82) is 0 Å². The molecule has 0 fully saturated rings. The van der Waals surface area contributed by atoms with Gasteiger partial charge < -0.3 is 9.47 Å². The van der Waals surface area contributed by atoms with E-state index in [0.29, 0.717) is 12.2 Å². The average Bonchev–Trinajstić information content (AvgIpc) is 2.70. The zero-order valence-electron chi connectivity index (χ0n) is 25.1. The van der Waals surface area contributed by atoms with Crippen molar-refractivity contribution in [3.8, 4) is 0 Å². The molecule has 0 spiro atoms. The third kappa shape index (κ3) is 25.0. The van der Waals surface area contributed by atoms with E-state index in [4.69, 9.17) is 9.47 Å². The molecule has 0 aliphatic heterocycles. The van der Waals surface area contributed by atoms with Gasteiger partial charge in [-0.15, -0.1) is 0 Å². The molecule has 2 heteroatoms. The van der Waals surface area contributed by atoms with Crippen LogP contribution in [0.1, 0.15) is 184 Å². The van der Waals surface area contributed by atoms with Crippen LogP contribution in [0.2, 0.25) is 0 Å². The van der Waals surface area contributed by atoms with Crippen LogP contribution in [0, 0.1) is 0 Å². The summed E-state index contributed by atoms with van der Waals surface area (Å²) in [5.74, 6) is 0. The monoisotopic (exact) mass is 483 g/mol. The predicted octanol–water partition coefficient (Wildman–Crippen LogP) is 11.2. The molecular weight excluding hydrogens is 416 g/mol. The van der Waals surface area contributed by atoms with E-state index in [1.165, 1.54) is 128 Å². The SMILES string of the molecule is CC(C)OC(C)(C)CCCCCCCCCCCCCCCCCCCCC(C)(C)OC(C)C. The van der Waals surface area contributed by atoms with Crippen LogP contribution >= 0.6 is 0 Å². The minimum atomic E-state index is 0.0502. The van der Waals surface area contributed by atoms with Crippen LogP contribution in [0.25, 0.3) is 0 Å². The second kappa shape index (κ2) is 21.0. The molecule has 0 N–H and O–H groups in total. The van der Waals surface area contributed by atoms with Gasteiger partial charge in [-0.25, -0.2) is 0 Å². The molecular formula is C32H66O2. The van der Waals surface area contributed by atoms with Crippen LogP contribution in [-0.2, 0) is 9.47 Å². The molecule has 0 heterocycles. The molecule has 0 saturated carbocycles. The van der Waals surface area contributed by atoms with Crippen molar-refractivity contribution in [3.05, 3.63) is 0 Å². The van der Waals surface area contributed by atoms with E-state index in [1.54, 1.807) is 0 Å². The van der Waals surface area contributed by atoms with Gasteiger partial charge in [-0.05, 0) is 68.2 Å². The smallest absolute Gasteiger partial charge is 0.0630 e. The van der Waals surface area contributed by atoms with Gasteiger partial charge in [-0.2, -0.15) is 0 Å². The van der Waals surface area contributed by atoms with Crippen LogP contribution in [0.3, 0.4) is 0 Å². The molecule has 206 valence electrons. The Bertz CT molecular complexity index is 385. The van der Waals surface area contributed by atoms with Crippen LogP contribution in [0.15, 0.2) is 0 Å². The Morgan fingerprint density at radius 2 is 0.529 bits per heavy atom. The molecule has 0 rings (SSSR count). The van der Waals surface area contributed by atoms with Crippen LogP contribution < -0.4 is 0 Å². The van der Waals surface area contributed by atoms with E-state index >= 15 is 0 Å². The molecule has 0 aromatic heterocycles. The minimum absolute atomic E-state index is 0.0502. The quantitative estimate of drug-likeness (QED) is 0.120. The standard InChI is InChI=1S/C32H66O2/c1-29(2)33-31(5,6)27-25-23-21-19-17-15-13-11-9-10-12-14-16-18-20-22-24-26-28-32(7,8)34-30(3)4/h29-30H,9-28H2,1-8H3. The zero-order chi connectivity index (χ0) is 25.7. The second-order valence-corrected chi connectivity index (χ2v) is 12.7. The maximum Gasteiger partial charge on any atom is 0.0630 e. The molecule has 0 aliphatic carbocycles. The van der Waals surface area contributed by atoms with Gasteiger partial charge in [0.1, 0.15) is 0 Å². The molecule has 0 atom stereocenters. The maximum absolute atomic E-state index is 5.99. The van der Waals surface area contributed by atoms with Gasteiger partial charge >= 0.3 is 0 Å². The Kier molecular flexibility index (Phi) is 21.0. The molecule has 2 nitrogen and oxygen atoms in total. The number of rotatable bonds is 25. The van der Waals surface area contributed by atoms with Gasteiger partial charge in [-0.3, -0.25) is 0 Å². The highest BCUT2D eigenvalue weighted by Gasteiger charge is 2.19. The summed E-state index contributed by atoms with van der Waals surface area (Å²) >= 11 is 0. The lowest BCUT2D eigenvalue weighted by molar-refractivity contribution is -0.0619. The largest absolute Gasteiger partial charge is 0.373 e. The number of ether oxygens (including phenoxy) is 2. The van der Waals surface area contributed by atoms with Gasteiger partial charge in [0, 0.05) is 0 Å². The second-order valence-electron chi connectivity index (χ2n) is 12.7. The van der Waals surface area contributed by atoms with Crippen LogP contribution in [-0.4, -0.2) is 23.4 Å². The first kappa shape index (κ1) is 33.9. The molecule has 0 aromatic rings. The zero-order valence-corrected chi connectivity index (χ0v) is 25.1. The molecule has 0 aliphatic rings. The Balaban J connectivity index is 3.25. The molecule has 0 amide bonds. The highest BCUT2D eigenvalue weighted by molar-refractivity contribution is 4.70. The van der Waals surface area contributed by atoms with Crippen molar-refractivity contribution in [1.82, 2.24) is 0 Å². The summed E-state index contributed by atoms with van der Waals surface area (Å²) < 4.78 is 12.0. The van der Waals surface area contributed by atoms with Crippen molar-refractivity contribution in [2.45, 2.75) is 207 Å². The highest BCUT2D eigenvalue weighted by Crippen LogP contribution is 2.22. The predicted molar refractivity (Wildman–Crippen MR) is 153 cm³/mol. The molecule has 0 radical (unpaired) electrons. The van der Waals surface area contributed by atoms with Crippen molar-refractivity contribution in [2.75, 3.05) is 0 Å². The third-order valence-corrected chi connectivity index (χ3v) is 6.92. The van der Waals surface area contributed by atoms with Gasteiger partial charge in [-0.1, -0.05) is 116 Å². The maximum atomic E-state index is 5.99. The Morgan fingerprint density at radius 3 is 0.706 bits per heavy atom. The first-order valence-electron chi connectivity index (χ1n) is 15.4. The van der Waals surface area contributed by atoms with Gasteiger partial charge in [0.2, 0.25) is 0 Å². The number of hydrogen-bond acceptors (Lipinski definition) is 2. The van der Waals surface area contributed by atoms with Crippen molar-refractivity contribution >= 4 is 0 Å². The fourth-order valence-corrected chi connectivity index (χ4v) is 5.32. The normalized spacial score (nSPS) is 12.9. The van der Waals surface area contributed by atoms with E-state index in [9.17, 15) is 0 Å². The summed E-state index contributed by atoms with van der Waals surface area (Å²) in [6, 6.07) is 0. The van der Waals surface area contributed by atoms with Crippen LogP contribution in [0.4, 0.5) is 0 Å². The Morgan fingerprint density at radius 1 is 0.353 bits per heavy atom. The van der Waals surface area contributed by atoms with Crippen molar-refractivity contribution < 1.29 is 9.47 Å². The lowest BCUT2D eigenvalue weighted by atomic mass is 9.98. The molecule has 34 heavy (non-hydrogen) atoms. The summed E-state index contributed by atoms with van der Waals surface area (Å²) in [6.07, 6.45) is 28.6. The lowest BCUT2D eigenvalue weighted by Gasteiger charge is -2.27. The van der Waals surface area contributed by atoms with Gasteiger partial charge in [0.25, 0.3) is 0 Å². The minimum Gasteiger partial charge on any atom is -0.373 e. The fraction of sp³-hybridized carbons (Fsp3) is 1.00. The van der Waals surface area contributed by atoms with Crippen molar-refractivity contribution in [3.63, 3.8) is 0 Å². The molecule has 0 unspecified atom stereocenters. The Labute approximate surface area is 216 Å². The van der Waals surface area contributed by atoms with Gasteiger partial charge in [0.05, 0.1) is 23.4 Å². The summed E-state index contributed by atoms with van der Waals surface area (Å²) in [6.45, 7) is 17.5. The molecule has 0 saturated heterocycles. The summed E-state index contributed by atoms with van der Waals surface area (Å²) in [5.41, 5.74) is 0.100. The number of unbranched alkanes of at least 4 members (excludes halogenated alkanes) is 17. The first-order valence-corrected chi connectivity index (χ1v) is 15.4. The van der Waals surface area contributed by atoms with E-state index in [2.05, 4.69) is 55.4 Å². The molecule has 0 bridgehead atoms. The van der Waals surface area contributed by atoms with E-state index < -0.39 is 0 Å². The van der Waals surface area contributed by atoms with E-state index in [-0.39, 0.29) is 11.2 Å². The summed E-state index contributed by atoms with van der Waals surface area (Å²) in [4.78, 5) is 0. The molecule has 0 aromatic carbocycles. The van der Waals surface area contributed by atoms with E-state index in [1.807, 2.05) is 0 Å². The van der Waals surface area contributed by atoms with E-state index in [0.717, 1.165) is 0 Å². The number of hydrogen-bond donors (Lipinski definition) is 0. The third-order valence-electron chi connectivity index (χ3n) is 6.92. The summed E-state index contributed by atoms with van der Waals surface area (Å²) in [7, 11) is 0. The fourth-order valence-electron chi connectivity index (χ4n) is 5.32. The van der Waals surface area contributed by atoms with Crippen molar-refractivity contribution in [2.24, 2.45) is 0 Å². The lowest BCUT2D eigenvalue weighted by Crippen LogP contribution is -2.27. The highest BCUT2D eigenvalue weighted by atomic mass is 16.5. The Hall–Kier alpha value is -0.0800.